The molecule has 1 aliphatic heterocycles. The molecule has 150 valence electrons. The van der Waals surface area contributed by atoms with Crippen LogP contribution >= 0.6 is 0 Å². The highest BCUT2D eigenvalue weighted by molar-refractivity contribution is 5.94. The fourth-order valence-electron chi connectivity index (χ4n) is 2.79. The van der Waals surface area contributed by atoms with E-state index in [9.17, 15) is 4.79 Å². The molecule has 0 spiro atoms. The number of carbonyl (C=O) groups excluding carboxylic acids is 1. The number of nitrogens with zero attached hydrogens (tertiary/aromatic N) is 8. The Labute approximate surface area is 165 Å². The molecule has 12 heteroatoms. The number of benzene rings is 1. The van der Waals surface area contributed by atoms with Crippen molar-refractivity contribution in [3.8, 4) is 11.7 Å². The number of aromatic nitrogens is 7. The minimum Gasteiger partial charge on any atom is -0.467 e. The Hall–Kier alpha value is -3.67. The third-order valence-electron chi connectivity index (χ3n) is 4.25. The van der Waals surface area contributed by atoms with Crippen LogP contribution in [0.3, 0.4) is 0 Å². The molecule has 0 bridgehead atoms. The normalized spacial score (nSPS) is 13.9. The van der Waals surface area contributed by atoms with Gasteiger partial charge in [0, 0.05) is 18.7 Å². The van der Waals surface area contributed by atoms with Gasteiger partial charge in [0.2, 0.25) is 5.95 Å². The number of methoxy groups -OCH3 is 1. The summed E-state index contributed by atoms with van der Waals surface area (Å²) in [5.74, 6) is 0.639. The van der Waals surface area contributed by atoms with E-state index in [1.807, 2.05) is 4.90 Å². The van der Waals surface area contributed by atoms with Crippen molar-refractivity contribution in [3.05, 3.63) is 42.0 Å². The molecule has 0 radical (unpaired) electrons. The van der Waals surface area contributed by atoms with Crippen LogP contribution in [0.2, 0.25) is 0 Å². The summed E-state index contributed by atoms with van der Waals surface area (Å²) in [7, 11) is 1.49. The van der Waals surface area contributed by atoms with Gasteiger partial charge in [-0.1, -0.05) is 6.07 Å². The SMILES string of the molecule is COc1nc(CNC(=O)c2cccc(-n3cnnn3)c2)nc(N2CCOCC2)n1. The van der Waals surface area contributed by atoms with Crippen molar-refractivity contribution in [2.45, 2.75) is 6.54 Å². The number of tetrazole rings is 1. The maximum atomic E-state index is 12.6. The van der Waals surface area contributed by atoms with Crippen LogP contribution in [0.15, 0.2) is 30.6 Å². The molecular formula is C17H19N9O3. The fourth-order valence-corrected chi connectivity index (χ4v) is 2.79. The van der Waals surface area contributed by atoms with E-state index < -0.39 is 0 Å². The van der Waals surface area contributed by atoms with Crippen LogP contribution in [-0.2, 0) is 11.3 Å². The second kappa shape index (κ2) is 8.56. The van der Waals surface area contributed by atoms with Crippen molar-refractivity contribution in [3.63, 3.8) is 0 Å². The lowest BCUT2D eigenvalue weighted by atomic mass is 10.2. The molecule has 1 N–H and O–H groups in total. The predicted molar refractivity (Wildman–Crippen MR) is 99.7 cm³/mol. The smallest absolute Gasteiger partial charge is 0.321 e. The van der Waals surface area contributed by atoms with E-state index >= 15 is 0 Å². The molecule has 1 aromatic carbocycles. The van der Waals surface area contributed by atoms with Crippen LogP contribution in [0.4, 0.5) is 5.95 Å². The second-order valence-electron chi connectivity index (χ2n) is 6.13. The lowest BCUT2D eigenvalue weighted by molar-refractivity contribution is 0.0949. The zero-order chi connectivity index (χ0) is 20.1. The molecule has 3 heterocycles. The Kier molecular flexibility index (Phi) is 5.52. The van der Waals surface area contributed by atoms with Crippen LogP contribution < -0.4 is 15.0 Å². The minimum absolute atomic E-state index is 0.129. The van der Waals surface area contributed by atoms with Gasteiger partial charge in [0.25, 0.3) is 5.91 Å². The molecule has 0 atom stereocenters. The molecule has 29 heavy (non-hydrogen) atoms. The lowest BCUT2D eigenvalue weighted by Crippen LogP contribution is -2.37. The van der Waals surface area contributed by atoms with Gasteiger partial charge in [-0.25, -0.2) is 4.68 Å². The Balaban J connectivity index is 1.47. The first-order valence-corrected chi connectivity index (χ1v) is 8.96. The standard InChI is InChI=1S/C17H19N9O3/c1-28-17-21-14(20-16(22-17)25-5-7-29-8-6-25)10-18-15(27)12-3-2-4-13(9-12)26-11-19-23-24-26/h2-4,9,11H,5-8,10H2,1H3,(H,18,27). The van der Waals surface area contributed by atoms with Crippen molar-refractivity contribution in [1.82, 2.24) is 40.5 Å². The zero-order valence-corrected chi connectivity index (χ0v) is 15.7. The van der Waals surface area contributed by atoms with Gasteiger partial charge < -0.3 is 19.7 Å². The lowest BCUT2D eigenvalue weighted by Gasteiger charge is -2.26. The number of morpholine rings is 1. The Bertz CT molecular complexity index is 974. The fraction of sp³-hybridized carbons (Fsp3) is 0.353. The van der Waals surface area contributed by atoms with E-state index in [2.05, 4.69) is 35.8 Å². The van der Waals surface area contributed by atoms with Crippen molar-refractivity contribution >= 4 is 11.9 Å². The number of anilines is 1. The Morgan fingerprint density at radius 1 is 1.24 bits per heavy atom. The molecule has 0 unspecified atom stereocenters. The first-order chi connectivity index (χ1) is 14.2. The average molecular weight is 397 g/mol. The molecule has 12 nitrogen and oxygen atoms in total. The predicted octanol–water partition coefficient (Wildman–Crippen LogP) is -0.377. The molecule has 1 amide bonds. The summed E-state index contributed by atoms with van der Waals surface area (Å²) in [6, 6.07) is 7.16. The molecule has 1 aliphatic rings. The highest BCUT2D eigenvalue weighted by atomic mass is 16.5. The van der Waals surface area contributed by atoms with Gasteiger partial charge in [0.05, 0.1) is 32.6 Å². The van der Waals surface area contributed by atoms with Crippen LogP contribution in [0, 0.1) is 0 Å². The summed E-state index contributed by atoms with van der Waals surface area (Å²) in [6.07, 6.45) is 1.46. The van der Waals surface area contributed by atoms with E-state index in [0.29, 0.717) is 49.3 Å². The number of carbonyl (C=O) groups is 1. The van der Waals surface area contributed by atoms with Gasteiger partial charge in [-0.2, -0.15) is 15.0 Å². The molecule has 1 fully saturated rings. The van der Waals surface area contributed by atoms with Gasteiger partial charge in [-0.3, -0.25) is 4.79 Å². The van der Waals surface area contributed by atoms with Crippen molar-refractivity contribution in [2.24, 2.45) is 0 Å². The number of rotatable bonds is 6. The van der Waals surface area contributed by atoms with Crippen molar-refractivity contribution in [2.75, 3.05) is 38.3 Å². The van der Waals surface area contributed by atoms with Gasteiger partial charge in [0.1, 0.15) is 6.33 Å². The van der Waals surface area contributed by atoms with Gasteiger partial charge in [-0.15, -0.1) is 5.10 Å². The maximum absolute atomic E-state index is 12.6. The van der Waals surface area contributed by atoms with Crippen LogP contribution in [0.5, 0.6) is 6.01 Å². The number of hydrogen-bond acceptors (Lipinski definition) is 10. The molecule has 0 saturated carbocycles. The molecular weight excluding hydrogens is 378 g/mol. The summed E-state index contributed by atoms with van der Waals surface area (Å²) in [5.41, 5.74) is 1.14. The first kappa shape index (κ1) is 18.7. The van der Waals surface area contributed by atoms with E-state index in [-0.39, 0.29) is 18.5 Å². The molecule has 2 aromatic heterocycles. The Morgan fingerprint density at radius 3 is 2.86 bits per heavy atom. The van der Waals surface area contributed by atoms with Gasteiger partial charge in [0.15, 0.2) is 5.82 Å². The summed E-state index contributed by atoms with van der Waals surface area (Å²) in [4.78, 5) is 27.5. The summed E-state index contributed by atoms with van der Waals surface area (Å²) < 4.78 is 12.0. The second-order valence-corrected chi connectivity index (χ2v) is 6.13. The summed E-state index contributed by atoms with van der Waals surface area (Å²) in [5, 5.41) is 13.8. The van der Waals surface area contributed by atoms with E-state index in [4.69, 9.17) is 9.47 Å². The first-order valence-electron chi connectivity index (χ1n) is 8.96. The topological polar surface area (TPSA) is 133 Å². The number of amides is 1. The monoisotopic (exact) mass is 397 g/mol. The van der Waals surface area contributed by atoms with Gasteiger partial charge >= 0.3 is 6.01 Å². The summed E-state index contributed by atoms with van der Waals surface area (Å²) in [6.45, 7) is 2.71. The largest absolute Gasteiger partial charge is 0.467 e. The van der Waals surface area contributed by atoms with Crippen LogP contribution in [0.25, 0.3) is 5.69 Å². The van der Waals surface area contributed by atoms with E-state index in [1.54, 1.807) is 24.3 Å². The quantitative estimate of drug-likeness (QED) is 0.587. The van der Waals surface area contributed by atoms with Crippen LogP contribution in [-0.4, -0.2) is 74.5 Å². The van der Waals surface area contributed by atoms with E-state index in [1.165, 1.54) is 18.1 Å². The zero-order valence-electron chi connectivity index (χ0n) is 15.7. The van der Waals surface area contributed by atoms with Crippen molar-refractivity contribution in [1.29, 1.82) is 0 Å². The third-order valence-corrected chi connectivity index (χ3v) is 4.25. The number of hydrogen-bond donors (Lipinski definition) is 1. The summed E-state index contributed by atoms with van der Waals surface area (Å²) >= 11 is 0. The highest BCUT2D eigenvalue weighted by Crippen LogP contribution is 2.14. The van der Waals surface area contributed by atoms with Crippen LogP contribution in [0.1, 0.15) is 16.2 Å². The average Bonchev–Trinajstić information content (AvgIpc) is 3.33. The van der Waals surface area contributed by atoms with E-state index in [0.717, 1.165) is 0 Å². The number of nitrogens with one attached hydrogen (secondary N) is 1. The van der Waals surface area contributed by atoms with Crippen molar-refractivity contribution < 1.29 is 14.3 Å². The molecule has 3 aromatic rings. The highest BCUT2D eigenvalue weighted by Gasteiger charge is 2.17. The Morgan fingerprint density at radius 2 is 2.10 bits per heavy atom. The number of ether oxygens (including phenoxy) is 2. The molecule has 4 rings (SSSR count). The third kappa shape index (κ3) is 4.43. The minimum atomic E-state index is -0.271. The maximum Gasteiger partial charge on any atom is 0.321 e. The van der Waals surface area contributed by atoms with Gasteiger partial charge in [-0.05, 0) is 28.6 Å². The molecule has 1 saturated heterocycles. The molecule has 0 aliphatic carbocycles.